The van der Waals surface area contributed by atoms with Crippen LogP contribution in [-0.2, 0) is 9.53 Å². The zero-order valence-corrected chi connectivity index (χ0v) is 11.2. The molecule has 5 atom stereocenters. The molecule has 5 unspecified atom stereocenters. The van der Waals surface area contributed by atoms with Crippen molar-refractivity contribution in [2.45, 2.75) is 44.7 Å². The maximum absolute atomic E-state index is 12.1. The zero-order chi connectivity index (χ0) is 12.5. The summed E-state index contributed by atoms with van der Waals surface area (Å²) in [4.78, 5) is 12.1. The minimum Gasteiger partial charge on any atom is -0.378 e. The number of carbonyl (C=O) groups is 1. The molecule has 4 nitrogen and oxygen atoms in total. The molecule has 3 fully saturated rings. The summed E-state index contributed by atoms with van der Waals surface area (Å²) in [7, 11) is 0. The van der Waals surface area contributed by atoms with Crippen molar-refractivity contribution in [3.8, 4) is 0 Å². The van der Waals surface area contributed by atoms with Gasteiger partial charge in [-0.15, -0.1) is 0 Å². The fraction of sp³-hybridized carbons (Fsp3) is 0.929. The first-order chi connectivity index (χ1) is 8.74. The summed E-state index contributed by atoms with van der Waals surface area (Å²) in [5, 5.41) is 6.41. The Kier molecular flexibility index (Phi) is 3.57. The third kappa shape index (κ3) is 2.41. The number of carbonyl (C=O) groups excluding carboxylic acids is 1. The predicted octanol–water partition coefficient (Wildman–Crippen LogP) is 0.916. The van der Waals surface area contributed by atoms with Crippen LogP contribution >= 0.6 is 0 Å². The second-order valence-electron chi connectivity index (χ2n) is 6.22. The molecule has 0 radical (unpaired) electrons. The molecule has 1 saturated heterocycles. The van der Waals surface area contributed by atoms with E-state index in [1.807, 2.05) is 0 Å². The molecule has 0 spiro atoms. The lowest BCUT2D eigenvalue weighted by Crippen LogP contribution is -2.54. The summed E-state index contributed by atoms with van der Waals surface area (Å²) in [6.07, 6.45) is 5.51. The third-order valence-corrected chi connectivity index (χ3v) is 5.04. The van der Waals surface area contributed by atoms with E-state index in [9.17, 15) is 4.79 Å². The maximum Gasteiger partial charge on any atom is 0.239 e. The van der Waals surface area contributed by atoms with Crippen LogP contribution in [-0.4, -0.2) is 37.7 Å². The Bertz CT molecular complexity index is 315. The van der Waals surface area contributed by atoms with Gasteiger partial charge in [-0.05, 0) is 43.9 Å². The molecule has 2 saturated carbocycles. The van der Waals surface area contributed by atoms with Gasteiger partial charge in [0.2, 0.25) is 5.91 Å². The summed E-state index contributed by atoms with van der Waals surface area (Å²) >= 11 is 0. The summed E-state index contributed by atoms with van der Waals surface area (Å²) in [6, 6.07) is 0.163. The van der Waals surface area contributed by atoms with E-state index in [1.54, 1.807) is 0 Å². The van der Waals surface area contributed by atoms with Crippen LogP contribution in [0.15, 0.2) is 0 Å². The lowest BCUT2D eigenvalue weighted by molar-refractivity contribution is -0.127. The topological polar surface area (TPSA) is 50.4 Å². The van der Waals surface area contributed by atoms with Crippen molar-refractivity contribution < 1.29 is 9.53 Å². The van der Waals surface area contributed by atoms with Crippen LogP contribution in [0.3, 0.4) is 0 Å². The van der Waals surface area contributed by atoms with Gasteiger partial charge in [0.1, 0.15) is 6.04 Å². The highest BCUT2D eigenvalue weighted by Gasteiger charge is 2.42. The third-order valence-electron chi connectivity index (χ3n) is 5.04. The van der Waals surface area contributed by atoms with Gasteiger partial charge in [0.05, 0.1) is 13.2 Å². The average molecular weight is 252 g/mol. The van der Waals surface area contributed by atoms with Gasteiger partial charge in [-0.3, -0.25) is 4.79 Å². The van der Waals surface area contributed by atoms with Crippen LogP contribution in [0.25, 0.3) is 0 Å². The Balaban J connectivity index is 1.51. The van der Waals surface area contributed by atoms with Crippen molar-refractivity contribution in [2.75, 3.05) is 19.8 Å². The second-order valence-corrected chi connectivity index (χ2v) is 6.22. The Morgan fingerprint density at radius 2 is 2.28 bits per heavy atom. The number of amides is 1. The smallest absolute Gasteiger partial charge is 0.239 e. The van der Waals surface area contributed by atoms with E-state index >= 15 is 0 Å². The van der Waals surface area contributed by atoms with E-state index < -0.39 is 0 Å². The normalized spacial score (nSPS) is 40.7. The molecule has 2 bridgehead atoms. The summed E-state index contributed by atoms with van der Waals surface area (Å²) in [6.45, 7) is 4.18. The molecular weight excluding hydrogens is 228 g/mol. The van der Waals surface area contributed by atoms with Gasteiger partial charge in [0.15, 0.2) is 0 Å². The van der Waals surface area contributed by atoms with E-state index in [4.69, 9.17) is 4.74 Å². The van der Waals surface area contributed by atoms with Gasteiger partial charge in [-0.2, -0.15) is 0 Å². The van der Waals surface area contributed by atoms with Gasteiger partial charge in [-0.25, -0.2) is 0 Å². The van der Waals surface area contributed by atoms with Gasteiger partial charge in [0, 0.05) is 12.6 Å². The van der Waals surface area contributed by atoms with Crippen LogP contribution in [0.2, 0.25) is 0 Å². The van der Waals surface area contributed by atoms with Crippen LogP contribution in [0.4, 0.5) is 0 Å². The Morgan fingerprint density at radius 3 is 2.89 bits per heavy atom. The van der Waals surface area contributed by atoms with E-state index in [1.165, 1.54) is 25.7 Å². The van der Waals surface area contributed by atoms with E-state index in [-0.39, 0.29) is 11.9 Å². The molecule has 2 N–H and O–H groups in total. The van der Waals surface area contributed by atoms with Gasteiger partial charge in [0.25, 0.3) is 0 Å². The van der Waals surface area contributed by atoms with Crippen LogP contribution in [0.5, 0.6) is 0 Å². The quantitative estimate of drug-likeness (QED) is 0.785. The van der Waals surface area contributed by atoms with Gasteiger partial charge in [-0.1, -0.05) is 6.42 Å². The number of ether oxygens (including phenoxy) is 1. The molecule has 3 aliphatic rings. The summed E-state index contributed by atoms with van der Waals surface area (Å²) in [5.41, 5.74) is 0. The number of morpholine rings is 1. The Hall–Kier alpha value is -0.610. The first-order valence-electron chi connectivity index (χ1n) is 7.35. The molecule has 18 heavy (non-hydrogen) atoms. The lowest BCUT2D eigenvalue weighted by Gasteiger charge is -2.31. The van der Waals surface area contributed by atoms with Crippen molar-refractivity contribution in [1.29, 1.82) is 0 Å². The molecule has 4 heteroatoms. The van der Waals surface area contributed by atoms with E-state index in [0.29, 0.717) is 25.2 Å². The molecule has 1 aliphatic heterocycles. The molecule has 1 heterocycles. The molecule has 0 aromatic rings. The Morgan fingerprint density at radius 1 is 1.39 bits per heavy atom. The summed E-state index contributed by atoms with van der Waals surface area (Å²) < 4.78 is 5.34. The predicted molar refractivity (Wildman–Crippen MR) is 69.2 cm³/mol. The Labute approximate surface area is 109 Å². The minimum atomic E-state index is -0.153. The monoisotopic (exact) mass is 252 g/mol. The van der Waals surface area contributed by atoms with Crippen molar-refractivity contribution in [1.82, 2.24) is 10.6 Å². The van der Waals surface area contributed by atoms with Gasteiger partial charge >= 0.3 is 0 Å². The van der Waals surface area contributed by atoms with Gasteiger partial charge < -0.3 is 15.4 Å². The molecule has 3 rings (SSSR count). The standard InChI is InChI=1S/C14H24N2O2/c1-9(12-7-10-2-3-11(12)6-10)16-14(17)13-8-18-5-4-15-13/h9-13,15H,2-8H2,1H3,(H,16,17). The van der Waals surface area contributed by atoms with Crippen molar-refractivity contribution in [3.63, 3.8) is 0 Å². The van der Waals surface area contributed by atoms with Crippen molar-refractivity contribution in [2.24, 2.45) is 17.8 Å². The van der Waals surface area contributed by atoms with Crippen LogP contribution in [0, 0.1) is 17.8 Å². The number of hydrogen-bond donors (Lipinski definition) is 2. The molecular formula is C14H24N2O2. The van der Waals surface area contributed by atoms with Crippen molar-refractivity contribution >= 4 is 5.91 Å². The number of hydrogen-bond acceptors (Lipinski definition) is 3. The molecule has 0 aromatic heterocycles. The first-order valence-corrected chi connectivity index (χ1v) is 7.35. The highest BCUT2D eigenvalue weighted by molar-refractivity contribution is 5.82. The molecule has 1 amide bonds. The largest absolute Gasteiger partial charge is 0.378 e. The highest BCUT2D eigenvalue weighted by Crippen LogP contribution is 2.49. The number of nitrogens with one attached hydrogen (secondary N) is 2. The SMILES string of the molecule is CC(NC(=O)C1COCCN1)C1CC2CCC1C2. The van der Waals surface area contributed by atoms with Crippen LogP contribution < -0.4 is 10.6 Å². The summed E-state index contributed by atoms with van der Waals surface area (Å²) in [5.74, 6) is 2.62. The highest BCUT2D eigenvalue weighted by atomic mass is 16.5. The molecule has 2 aliphatic carbocycles. The fourth-order valence-electron chi connectivity index (χ4n) is 4.07. The van der Waals surface area contributed by atoms with E-state index in [2.05, 4.69) is 17.6 Å². The number of fused-ring (bicyclic) bond motifs is 2. The minimum absolute atomic E-state index is 0.116. The molecule has 102 valence electrons. The first kappa shape index (κ1) is 12.4. The number of rotatable bonds is 3. The van der Waals surface area contributed by atoms with Crippen LogP contribution in [0.1, 0.15) is 32.6 Å². The second kappa shape index (κ2) is 5.17. The molecule has 0 aromatic carbocycles. The van der Waals surface area contributed by atoms with E-state index in [0.717, 1.165) is 18.4 Å². The van der Waals surface area contributed by atoms with Crippen molar-refractivity contribution in [3.05, 3.63) is 0 Å². The average Bonchev–Trinajstić information content (AvgIpc) is 3.02. The lowest BCUT2D eigenvalue weighted by atomic mass is 9.84. The fourth-order valence-corrected chi connectivity index (χ4v) is 4.07. The zero-order valence-electron chi connectivity index (χ0n) is 11.2. The maximum atomic E-state index is 12.1.